The van der Waals surface area contributed by atoms with Gasteiger partial charge in [0, 0.05) is 5.41 Å². The van der Waals surface area contributed by atoms with Crippen molar-refractivity contribution in [3.05, 3.63) is 0 Å². The topological polar surface area (TPSA) is 17.1 Å². The molecule has 2 heteroatoms. The molecule has 0 spiro atoms. The third-order valence-corrected chi connectivity index (χ3v) is 3.78. The summed E-state index contributed by atoms with van der Waals surface area (Å²) in [5.41, 5.74) is 0.0666. The van der Waals surface area contributed by atoms with Crippen molar-refractivity contribution in [3.63, 3.8) is 0 Å². The molecule has 0 aromatic carbocycles. The molecule has 1 fully saturated rings. The van der Waals surface area contributed by atoms with Gasteiger partial charge in [0.2, 0.25) is 0 Å². The fourth-order valence-corrected chi connectivity index (χ4v) is 3.28. The highest BCUT2D eigenvalue weighted by atomic mass is 32.2. The second kappa shape index (κ2) is 5.20. The molecule has 0 radical (unpaired) electrons. The Balaban J connectivity index is 2.65. The van der Waals surface area contributed by atoms with E-state index in [4.69, 9.17) is 0 Å². The largest absolute Gasteiger partial charge is 0.298 e. The zero-order valence-electron chi connectivity index (χ0n) is 9.64. The van der Waals surface area contributed by atoms with Crippen LogP contribution >= 0.6 is 11.8 Å². The molecule has 82 valence electrons. The van der Waals surface area contributed by atoms with E-state index < -0.39 is 0 Å². The summed E-state index contributed by atoms with van der Waals surface area (Å²) in [5, 5.41) is 0. The van der Waals surface area contributed by atoms with Crippen LogP contribution < -0.4 is 0 Å². The molecule has 0 atom stereocenters. The monoisotopic (exact) mass is 214 g/mol. The molecular formula is C12H22OS. The Morgan fingerprint density at radius 1 is 1.36 bits per heavy atom. The van der Waals surface area contributed by atoms with Crippen molar-refractivity contribution >= 4 is 17.5 Å². The molecule has 0 amide bonds. The summed E-state index contributed by atoms with van der Waals surface area (Å²) in [5.74, 6) is 1.88. The number of hydrogen-bond acceptors (Lipinski definition) is 2. The predicted octanol–water partition coefficient (Wildman–Crippen LogP) is 3.53. The lowest BCUT2D eigenvalue weighted by Crippen LogP contribution is -2.31. The van der Waals surface area contributed by atoms with E-state index in [2.05, 4.69) is 13.8 Å². The van der Waals surface area contributed by atoms with E-state index in [-0.39, 0.29) is 5.41 Å². The van der Waals surface area contributed by atoms with Crippen molar-refractivity contribution in [3.8, 4) is 0 Å². The van der Waals surface area contributed by atoms with Crippen LogP contribution in [0.2, 0.25) is 0 Å². The minimum atomic E-state index is 0.0666. The average Bonchev–Trinajstić information content (AvgIpc) is 2.53. The number of Topliss-reactive ketones (excluding diaryl/α,β-unsaturated/α-hetero) is 1. The zero-order valence-corrected chi connectivity index (χ0v) is 10.5. The predicted molar refractivity (Wildman–Crippen MR) is 63.7 cm³/mol. The van der Waals surface area contributed by atoms with Crippen LogP contribution in [0.3, 0.4) is 0 Å². The van der Waals surface area contributed by atoms with Gasteiger partial charge in [-0.15, -0.1) is 0 Å². The number of rotatable bonds is 5. The average molecular weight is 214 g/mol. The Morgan fingerprint density at radius 2 is 1.93 bits per heavy atom. The maximum absolute atomic E-state index is 12.1. The van der Waals surface area contributed by atoms with Crippen LogP contribution in [0.15, 0.2) is 0 Å². The molecule has 0 heterocycles. The fourth-order valence-electron chi connectivity index (χ4n) is 2.71. The highest BCUT2D eigenvalue weighted by molar-refractivity contribution is 7.99. The third kappa shape index (κ3) is 2.75. The van der Waals surface area contributed by atoms with Crippen LogP contribution in [0.4, 0.5) is 0 Å². The van der Waals surface area contributed by atoms with Crippen LogP contribution in [0, 0.1) is 11.3 Å². The standard InChI is InChI=1S/C12H22OS/c1-10(2)8-12(6-4-5-7-12)11(13)9-14-3/h10H,4-9H2,1-3H3. The minimum Gasteiger partial charge on any atom is -0.298 e. The summed E-state index contributed by atoms with van der Waals surface area (Å²) in [6.07, 6.45) is 7.93. The summed E-state index contributed by atoms with van der Waals surface area (Å²) in [4.78, 5) is 12.1. The first-order valence-electron chi connectivity index (χ1n) is 5.63. The minimum absolute atomic E-state index is 0.0666. The number of hydrogen-bond donors (Lipinski definition) is 0. The lowest BCUT2D eigenvalue weighted by Gasteiger charge is -2.29. The Kier molecular flexibility index (Phi) is 4.49. The summed E-state index contributed by atoms with van der Waals surface area (Å²) in [7, 11) is 0. The van der Waals surface area contributed by atoms with Gasteiger partial charge < -0.3 is 0 Å². The normalized spacial score (nSPS) is 20.3. The maximum Gasteiger partial charge on any atom is 0.148 e. The molecule has 1 nitrogen and oxygen atoms in total. The van der Waals surface area contributed by atoms with Crippen LogP contribution in [-0.2, 0) is 4.79 Å². The molecular weight excluding hydrogens is 192 g/mol. The van der Waals surface area contributed by atoms with Gasteiger partial charge in [-0.1, -0.05) is 26.7 Å². The van der Waals surface area contributed by atoms with Crippen molar-refractivity contribution in [2.75, 3.05) is 12.0 Å². The highest BCUT2D eigenvalue weighted by Gasteiger charge is 2.40. The van der Waals surface area contributed by atoms with Gasteiger partial charge in [0.15, 0.2) is 0 Å². The van der Waals surface area contributed by atoms with Gasteiger partial charge in [0.05, 0.1) is 5.75 Å². The van der Waals surface area contributed by atoms with Gasteiger partial charge in [-0.3, -0.25) is 4.79 Å². The fraction of sp³-hybridized carbons (Fsp3) is 0.917. The molecule has 1 aliphatic carbocycles. The van der Waals surface area contributed by atoms with Gasteiger partial charge >= 0.3 is 0 Å². The van der Waals surface area contributed by atoms with E-state index in [1.54, 1.807) is 11.8 Å². The van der Waals surface area contributed by atoms with Gasteiger partial charge in [-0.2, -0.15) is 11.8 Å². The summed E-state index contributed by atoms with van der Waals surface area (Å²) in [6, 6.07) is 0. The first-order chi connectivity index (χ1) is 6.60. The SMILES string of the molecule is CSCC(=O)C1(CC(C)C)CCCC1. The molecule has 0 aromatic heterocycles. The van der Waals surface area contributed by atoms with Crippen LogP contribution in [0.25, 0.3) is 0 Å². The zero-order chi connectivity index (χ0) is 10.6. The van der Waals surface area contributed by atoms with Crippen molar-refractivity contribution < 1.29 is 4.79 Å². The van der Waals surface area contributed by atoms with Gasteiger partial charge in [-0.05, 0) is 31.4 Å². The van der Waals surface area contributed by atoms with Crippen molar-refractivity contribution in [2.45, 2.75) is 46.0 Å². The molecule has 1 aliphatic rings. The van der Waals surface area contributed by atoms with E-state index in [1.807, 2.05) is 6.26 Å². The first-order valence-corrected chi connectivity index (χ1v) is 7.02. The number of carbonyl (C=O) groups excluding carboxylic acids is 1. The van der Waals surface area contributed by atoms with E-state index in [0.717, 1.165) is 19.3 Å². The van der Waals surface area contributed by atoms with Gasteiger partial charge in [0.25, 0.3) is 0 Å². The van der Waals surface area contributed by atoms with E-state index in [9.17, 15) is 4.79 Å². The molecule has 0 unspecified atom stereocenters. The van der Waals surface area contributed by atoms with Crippen molar-refractivity contribution in [1.82, 2.24) is 0 Å². The van der Waals surface area contributed by atoms with Crippen molar-refractivity contribution in [1.29, 1.82) is 0 Å². The van der Waals surface area contributed by atoms with Crippen molar-refractivity contribution in [2.24, 2.45) is 11.3 Å². The molecule has 1 saturated carbocycles. The summed E-state index contributed by atoms with van der Waals surface area (Å²) >= 11 is 1.67. The summed E-state index contributed by atoms with van der Waals surface area (Å²) < 4.78 is 0. The lowest BCUT2D eigenvalue weighted by molar-refractivity contribution is -0.126. The molecule has 0 bridgehead atoms. The summed E-state index contributed by atoms with van der Waals surface area (Å²) in [6.45, 7) is 4.46. The molecule has 14 heavy (non-hydrogen) atoms. The molecule has 0 aromatic rings. The van der Waals surface area contributed by atoms with Crippen LogP contribution in [0.5, 0.6) is 0 Å². The molecule has 0 saturated heterocycles. The second-order valence-electron chi connectivity index (χ2n) is 4.94. The Hall–Kier alpha value is 0.0200. The van der Waals surface area contributed by atoms with Crippen LogP contribution in [-0.4, -0.2) is 17.8 Å². The van der Waals surface area contributed by atoms with E-state index in [0.29, 0.717) is 17.5 Å². The molecule has 0 N–H and O–H groups in total. The number of carbonyl (C=O) groups is 1. The highest BCUT2D eigenvalue weighted by Crippen LogP contribution is 2.44. The molecule has 1 rings (SSSR count). The van der Waals surface area contributed by atoms with Gasteiger partial charge in [0.1, 0.15) is 5.78 Å². The van der Waals surface area contributed by atoms with Crippen LogP contribution in [0.1, 0.15) is 46.0 Å². The smallest absolute Gasteiger partial charge is 0.148 e. The number of ketones is 1. The Bertz CT molecular complexity index is 192. The maximum atomic E-state index is 12.1. The Labute approximate surface area is 92.0 Å². The van der Waals surface area contributed by atoms with Gasteiger partial charge in [-0.25, -0.2) is 0 Å². The van der Waals surface area contributed by atoms with E-state index in [1.165, 1.54) is 12.8 Å². The number of thioether (sulfide) groups is 1. The first kappa shape index (κ1) is 12.1. The van der Waals surface area contributed by atoms with E-state index >= 15 is 0 Å². The Morgan fingerprint density at radius 3 is 2.36 bits per heavy atom. The molecule has 0 aliphatic heterocycles. The quantitative estimate of drug-likeness (QED) is 0.696. The second-order valence-corrected chi connectivity index (χ2v) is 5.81. The third-order valence-electron chi connectivity index (χ3n) is 3.23. The lowest BCUT2D eigenvalue weighted by atomic mass is 9.75.